The first-order chi connectivity index (χ1) is 10.5. The first-order valence-corrected chi connectivity index (χ1v) is 6.88. The van der Waals surface area contributed by atoms with Gasteiger partial charge in [-0.05, 0) is 24.1 Å². The van der Waals surface area contributed by atoms with Gasteiger partial charge in [0.05, 0.1) is 10.6 Å². The number of amides is 2. The summed E-state index contributed by atoms with van der Waals surface area (Å²) in [5.41, 5.74) is 1.84. The van der Waals surface area contributed by atoms with Gasteiger partial charge >= 0.3 is 6.03 Å². The topological polar surface area (TPSA) is 84.3 Å². The quantitative estimate of drug-likeness (QED) is 0.662. The summed E-state index contributed by atoms with van der Waals surface area (Å²) in [6.45, 7) is 2.02. The fourth-order valence-electron chi connectivity index (χ4n) is 1.84. The Balaban J connectivity index is 2.02. The molecule has 0 bridgehead atoms. The van der Waals surface area contributed by atoms with Crippen LogP contribution in [-0.2, 0) is 6.54 Å². The lowest BCUT2D eigenvalue weighted by molar-refractivity contribution is -0.384. The van der Waals surface area contributed by atoms with Gasteiger partial charge in [0.2, 0.25) is 0 Å². The summed E-state index contributed by atoms with van der Waals surface area (Å²) < 4.78 is 0. The zero-order valence-electron chi connectivity index (χ0n) is 11.8. The van der Waals surface area contributed by atoms with E-state index < -0.39 is 11.0 Å². The number of anilines is 1. The van der Waals surface area contributed by atoms with E-state index in [-0.39, 0.29) is 12.2 Å². The van der Waals surface area contributed by atoms with Crippen LogP contribution in [-0.4, -0.2) is 11.0 Å². The van der Waals surface area contributed by atoms with Crippen LogP contribution >= 0.6 is 11.6 Å². The van der Waals surface area contributed by atoms with E-state index in [9.17, 15) is 14.9 Å². The van der Waals surface area contributed by atoms with Gasteiger partial charge in [-0.2, -0.15) is 0 Å². The van der Waals surface area contributed by atoms with Crippen molar-refractivity contribution in [1.29, 1.82) is 0 Å². The minimum atomic E-state index is -0.508. The molecule has 2 rings (SSSR count). The number of carbonyl (C=O) groups excluding carboxylic acids is 1. The third-order valence-corrected chi connectivity index (χ3v) is 3.45. The van der Waals surface area contributed by atoms with Crippen molar-refractivity contribution in [3.63, 3.8) is 0 Å². The normalized spacial score (nSPS) is 10.1. The molecular weight excluding hydrogens is 306 g/mol. The number of nitrogens with zero attached hydrogens (tertiary/aromatic N) is 1. The lowest BCUT2D eigenvalue weighted by Gasteiger charge is -2.10. The molecule has 7 heteroatoms. The number of hydrogen-bond donors (Lipinski definition) is 2. The Morgan fingerprint density at radius 2 is 2.00 bits per heavy atom. The van der Waals surface area contributed by atoms with Gasteiger partial charge in [0.25, 0.3) is 5.69 Å². The third kappa shape index (κ3) is 3.95. The van der Waals surface area contributed by atoms with Crippen LogP contribution in [0.2, 0.25) is 5.02 Å². The molecule has 0 aliphatic carbocycles. The number of halogens is 1. The number of carbonyl (C=O) groups is 1. The fourth-order valence-corrected chi connectivity index (χ4v) is 2.04. The summed E-state index contributed by atoms with van der Waals surface area (Å²) in [4.78, 5) is 22.1. The molecule has 2 amide bonds. The highest BCUT2D eigenvalue weighted by Gasteiger charge is 2.11. The van der Waals surface area contributed by atoms with Crippen LogP contribution in [0.25, 0.3) is 0 Å². The summed E-state index contributed by atoms with van der Waals surface area (Å²) in [6, 6.07) is 11.0. The molecule has 0 radical (unpaired) electrons. The molecule has 2 N–H and O–H groups in total. The van der Waals surface area contributed by atoms with Crippen molar-refractivity contribution in [2.75, 3.05) is 5.32 Å². The van der Waals surface area contributed by atoms with Crippen molar-refractivity contribution >= 4 is 29.0 Å². The van der Waals surface area contributed by atoms with Gasteiger partial charge in [-0.25, -0.2) is 4.79 Å². The van der Waals surface area contributed by atoms with Gasteiger partial charge in [-0.1, -0.05) is 35.9 Å². The number of hydrogen-bond acceptors (Lipinski definition) is 3. The molecule has 0 unspecified atom stereocenters. The summed E-state index contributed by atoms with van der Waals surface area (Å²) in [5, 5.41) is 16.6. The van der Waals surface area contributed by atoms with E-state index in [1.54, 1.807) is 31.2 Å². The Bertz CT molecular complexity index is 719. The number of nitro benzene ring substituents is 1. The minimum absolute atomic E-state index is 0.0768. The van der Waals surface area contributed by atoms with Crippen molar-refractivity contribution in [1.82, 2.24) is 5.32 Å². The highest BCUT2D eigenvalue weighted by Crippen LogP contribution is 2.21. The Hall–Kier alpha value is -2.60. The number of nitro groups is 1. The highest BCUT2D eigenvalue weighted by molar-refractivity contribution is 6.31. The highest BCUT2D eigenvalue weighted by atomic mass is 35.5. The average Bonchev–Trinajstić information content (AvgIpc) is 2.48. The molecule has 0 spiro atoms. The van der Waals surface area contributed by atoms with E-state index in [1.807, 2.05) is 6.07 Å². The predicted octanol–water partition coefficient (Wildman–Crippen LogP) is 3.88. The molecule has 6 nitrogen and oxygen atoms in total. The zero-order chi connectivity index (χ0) is 16.1. The Morgan fingerprint density at radius 1 is 1.27 bits per heavy atom. The maximum absolute atomic E-state index is 11.9. The van der Waals surface area contributed by atoms with E-state index in [4.69, 9.17) is 11.6 Å². The van der Waals surface area contributed by atoms with Crippen LogP contribution in [0.1, 0.15) is 11.1 Å². The third-order valence-electron chi connectivity index (χ3n) is 3.08. The summed E-state index contributed by atoms with van der Waals surface area (Å²) in [6.07, 6.45) is 0. The van der Waals surface area contributed by atoms with E-state index in [0.717, 1.165) is 11.1 Å². The maximum Gasteiger partial charge on any atom is 0.319 e. The molecule has 0 atom stereocenters. The van der Waals surface area contributed by atoms with E-state index in [0.29, 0.717) is 10.7 Å². The summed E-state index contributed by atoms with van der Waals surface area (Å²) in [7, 11) is 0. The fraction of sp³-hybridized carbons (Fsp3) is 0.133. The van der Waals surface area contributed by atoms with Gasteiger partial charge < -0.3 is 10.6 Å². The second-order valence-electron chi connectivity index (χ2n) is 4.66. The molecule has 0 aliphatic heterocycles. The van der Waals surface area contributed by atoms with Gasteiger partial charge in [-0.15, -0.1) is 0 Å². The number of non-ortho nitro benzene ring substituents is 1. The molecule has 2 aromatic carbocycles. The maximum atomic E-state index is 11.9. The molecule has 22 heavy (non-hydrogen) atoms. The van der Waals surface area contributed by atoms with Crippen molar-refractivity contribution in [2.45, 2.75) is 13.5 Å². The number of benzene rings is 2. The zero-order valence-corrected chi connectivity index (χ0v) is 12.6. The molecule has 0 saturated heterocycles. The predicted molar refractivity (Wildman–Crippen MR) is 85.1 cm³/mol. The molecular formula is C15H14ClN3O3. The first-order valence-electron chi connectivity index (χ1n) is 6.50. The van der Waals surface area contributed by atoms with Gasteiger partial charge in [0.1, 0.15) is 0 Å². The molecule has 0 saturated carbocycles. The van der Waals surface area contributed by atoms with Crippen molar-refractivity contribution in [2.24, 2.45) is 0 Å². The first kappa shape index (κ1) is 15.8. The number of aryl methyl sites for hydroxylation is 1. The monoisotopic (exact) mass is 319 g/mol. The summed E-state index contributed by atoms with van der Waals surface area (Å²) in [5.74, 6) is 0. The molecule has 0 fully saturated rings. The lowest BCUT2D eigenvalue weighted by Crippen LogP contribution is -2.28. The molecule has 0 aliphatic rings. The Kier molecular flexibility index (Phi) is 4.95. The van der Waals surface area contributed by atoms with Gasteiger partial charge in [0.15, 0.2) is 0 Å². The van der Waals surface area contributed by atoms with Crippen LogP contribution in [0.3, 0.4) is 0 Å². The van der Waals surface area contributed by atoms with Crippen LogP contribution in [0.4, 0.5) is 16.2 Å². The second-order valence-corrected chi connectivity index (χ2v) is 5.06. The second kappa shape index (κ2) is 6.91. The van der Waals surface area contributed by atoms with Crippen molar-refractivity contribution in [3.8, 4) is 0 Å². The van der Waals surface area contributed by atoms with E-state index in [1.165, 1.54) is 12.1 Å². The van der Waals surface area contributed by atoms with Gasteiger partial charge in [0, 0.05) is 23.7 Å². The Labute approximate surface area is 132 Å². The number of nitrogens with one attached hydrogen (secondary N) is 2. The SMILES string of the molecule is Cc1ccc([N+](=O)[O-])cc1NC(=O)NCc1ccccc1Cl. The smallest absolute Gasteiger partial charge is 0.319 e. The molecule has 114 valence electrons. The Morgan fingerprint density at radius 3 is 2.68 bits per heavy atom. The molecule has 0 aromatic heterocycles. The largest absolute Gasteiger partial charge is 0.334 e. The van der Waals surface area contributed by atoms with Crippen LogP contribution < -0.4 is 10.6 Å². The van der Waals surface area contributed by atoms with Crippen LogP contribution in [0, 0.1) is 17.0 Å². The number of urea groups is 1. The van der Waals surface area contributed by atoms with Crippen molar-refractivity contribution < 1.29 is 9.72 Å². The van der Waals surface area contributed by atoms with Crippen molar-refractivity contribution in [3.05, 3.63) is 68.7 Å². The molecule has 2 aromatic rings. The molecule has 0 heterocycles. The van der Waals surface area contributed by atoms with E-state index in [2.05, 4.69) is 10.6 Å². The standard InChI is InChI=1S/C15H14ClN3O3/c1-10-6-7-12(19(21)22)8-14(10)18-15(20)17-9-11-4-2-3-5-13(11)16/h2-8H,9H2,1H3,(H2,17,18,20). The summed E-state index contributed by atoms with van der Waals surface area (Å²) >= 11 is 6.00. The van der Waals surface area contributed by atoms with E-state index >= 15 is 0 Å². The minimum Gasteiger partial charge on any atom is -0.334 e. The average molecular weight is 320 g/mol. The van der Waals surface area contributed by atoms with Crippen LogP contribution in [0.15, 0.2) is 42.5 Å². The van der Waals surface area contributed by atoms with Gasteiger partial charge in [-0.3, -0.25) is 10.1 Å². The van der Waals surface area contributed by atoms with Crippen LogP contribution in [0.5, 0.6) is 0 Å². The number of rotatable bonds is 4. The lowest BCUT2D eigenvalue weighted by atomic mass is 10.2.